The Morgan fingerprint density at radius 1 is 1.17 bits per heavy atom. The summed E-state index contributed by atoms with van der Waals surface area (Å²) in [7, 11) is 0. The van der Waals surface area contributed by atoms with Crippen LogP contribution in [0.25, 0.3) is 0 Å². The lowest BCUT2D eigenvalue weighted by molar-refractivity contribution is -0.0228. The van der Waals surface area contributed by atoms with E-state index < -0.39 is 0 Å². The molecule has 2 aromatic carbocycles. The van der Waals surface area contributed by atoms with Crippen molar-refractivity contribution in [3.05, 3.63) is 65.2 Å². The van der Waals surface area contributed by atoms with E-state index in [-0.39, 0.29) is 12.0 Å². The first-order chi connectivity index (χ1) is 11.3. The van der Waals surface area contributed by atoms with Crippen molar-refractivity contribution in [2.45, 2.75) is 12.5 Å². The van der Waals surface area contributed by atoms with Gasteiger partial charge in [-0.2, -0.15) is 0 Å². The maximum Gasteiger partial charge on any atom is 0.254 e. The number of carbonyl (C=O) groups is 1. The molecule has 2 heterocycles. The molecule has 0 bridgehead atoms. The molecule has 0 aromatic heterocycles. The van der Waals surface area contributed by atoms with Gasteiger partial charge in [-0.3, -0.25) is 4.79 Å². The second kappa shape index (κ2) is 6.05. The van der Waals surface area contributed by atoms with Crippen molar-refractivity contribution in [3.8, 4) is 0 Å². The van der Waals surface area contributed by atoms with Gasteiger partial charge in [0.25, 0.3) is 5.91 Å². The third-order valence-electron chi connectivity index (χ3n) is 4.59. The van der Waals surface area contributed by atoms with Crippen LogP contribution in [0, 0.1) is 0 Å². The zero-order valence-electron chi connectivity index (χ0n) is 13.0. The molecule has 4 heteroatoms. The van der Waals surface area contributed by atoms with Gasteiger partial charge in [0.05, 0.1) is 13.2 Å². The van der Waals surface area contributed by atoms with Gasteiger partial charge < -0.3 is 15.0 Å². The Hall–Kier alpha value is -2.33. The molecular weight excluding hydrogens is 288 g/mol. The minimum atomic E-state index is -0.0370. The molecule has 0 radical (unpaired) electrons. The quantitative estimate of drug-likeness (QED) is 0.927. The fourth-order valence-electron chi connectivity index (χ4n) is 3.32. The fourth-order valence-corrected chi connectivity index (χ4v) is 3.32. The van der Waals surface area contributed by atoms with Crippen molar-refractivity contribution in [1.82, 2.24) is 4.90 Å². The van der Waals surface area contributed by atoms with Gasteiger partial charge in [-0.1, -0.05) is 30.3 Å². The number of hydrogen-bond donors (Lipinski definition) is 1. The van der Waals surface area contributed by atoms with Crippen LogP contribution in [0.1, 0.15) is 27.6 Å². The lowest BCUT2D eigenvalue weighted by Crippen LogP contribution is -2.42. The van der Waals surface area contributed by atoms with Crippen LogP contribution < -0.4 is 5.32 Å². The predicted molar refractivity (Wildman–Crippen MR) is 89.7 cm³/mol. The number of amides is 1. The Morgan fingerprint density at radius 3 is 2.91 bits per heavy atom. The van der Waals surface area contributed by atoms with Crippen LogP contribution >= 0.6 is 0 Å². The molecule has 1 saturated heterocycles. The molecular formula is C19H20N2O2. The monoisotopic (exact) mass is 308 g/mol. The summed E-state index contributed by atoms with van der Waals surface area (Å²) in [6, 6.07) is 16.1. The summed E-state index contributed by atoms with van der Waals surface area (Å²) in [6.45, 7) is 2.80. The maximum atomic E-state index is 12.8. The molecule has 0 aliphatic carbocycles. The largest absolute Gasteiger partial charge is 0.384 e. The highest BCUT2D eigenvalue weighted by Crippen LogP contribution is 2.26. The summed E-state index contributed by atoms with van der Waals surface area (Å²) >= 11 is 0. The fraction of sp³-hybridized carbons (Fsp3) is 0.316. The van der Waals surface area contributed by atoms with E-state index in [1.165, 1.54) is 5.56 Å². The molecule has 2 aromatic rings. The molecule has 2 aliphatic rings. The molecule has 1 fully saturated rings. The van der Waals surface area contributed by atoms with Gasteiger partial charge >= 0.3 is 0 Å². The maximum absolute atomic E-state index is 12.8. The summed E-state index contributed by atoms with van der Waals surface area (Å²) < 4.78 is 5.85. The van der Waals surface area contributed by atoms with E-state index in [4.69, 9.17) is 4.74 Å². The number of fused-ring (bicyclic) bond motifs is 1. The van der Waals surface area contributed by atoms with Crippen molar-refractivity contribution in [2.75, 3.05) is 31.6 Å². The molecule has 4 nitrogen and oxygen atoms in total. The first-order valence-electron chi connectivity index (χ1n) is 8.14. The molecule has 0 spiro atoms. The zero-order valence-corrected chi connectivity index (χ0v) is 13.0. The van der Waals surface area contributed by atoms with Crippen LogP contribution in [-0.4, -0.2) is 37.0 Å². The number of nitrogens with zero attached hydrogens (tertiary/aromatic N) is 1. The molecule has 1 atom stereocenters. The molecule has 23 heavy (non-hydrogen) atoms. The third kappa shape index (κ3) is 2.82. The highest BCUT2D eigenvalue weighted by atomic mass is 16.5. The first-order valence-corrected chi connectivity index (χ1v) is 8.14. The van der Waals surface area contributed by atoms with Crippen molar-refractivity contribution >= 4 is 11.6 Å². The smallest absolute Gasteiger partial charge is 0.254 e. The second-order valence-corrected chi connectivity index (χ2v) is 6.07. The van der Waals surface area contributed by atoms with Crippen molar-refractivity contribution < 1.29 is 9.53 Å². The average molecular weight is 308 g/mol. The van der Waals surface area contributed by atoms with Gasteiger partial charge in [0.1, 0.15) is 6.10 Å². The molecule has 1 N–H and O–H groups in total. The number of benzene rings is 2. The average Bonchev–Trinajstić information content (AvgIpc) is 3.09. The Morgan fingerprint density at radius 2 is 2.04 bits per heavy atom. The van der Waals surface area contributed by atoms with E-state index in [9.17, 15) is 4.79 Å². The predicted octanol–water partition coefficient (Wildman–Crippen LogP) is 2.87. The summed E-state index contributed by atoms with van der Waals surface area (Å²) in [5.74, 6) is 0.101. The van der Waals surface area contributed by atoms with Gasteiger partial charge in [0, 0.05) is 24.3 Å². The number of morpholine rings is 1. The molecule has 0 saturated carbocycles. The summed E-state index contributed by atoms with van der Waals surface area (Å²) in [5, 5.41) is 3.33. The van der Waals surface area contributed by atoms with E-state index in [0.29, 0.717) is 19.7 Å². The lowest BCUT2D eigenvalue weighted by Gasteiger charge is -2.33. The number of rotatable bonds is 2. The number of nitrogens with one attached hydrogen (secondary N) is 1. The SMILES string of the molecule is O=C(c1ccc2c(c1)CCN2)N1CCOC(c2ccccc2)C1. The van der Waals surface area contributed by atoms with E-state index in [1.54, 1.807) is 0 Å². The minimum absolute atomic E-state index is 0.0370. The number of ether oxygens (including phenoxy) is 1. The van der Waals surface area contributed by atoms with Crippen LogP contribution in [0.15, 0.2) is 48.5 Å². The Balaban J connectivity index is 1.52. The van der Waals surface area contributed by atoms with E-state index in [2.05, 4.69) is 17.4 Å². The van der Waals surface area contributed by atoms with Crippen molar-refractivity contribution in [3.63, 3.8) is 0 Å². The zero-order chi connectivity index (χ0) is 15.6. The molecule has 4 rings (SSSR count). The molecule has 1 amide bonds. The van der Waals surface area contributed by atoms with Crippen LogP contribution in [-0.2, 0) is 11.2 Å². The first kappa shape index (κ1) is 14.3. The van der Waals surface area contributed by atoms with Crippen molar-refractivity contribution in [2.24, 2.45) is 0 Å². The van der Waals surface area contributed by atoms with Gasteiger partial charge in [-0.05, 0) is 35.7 Å². The van der Waals surface area contributed by atoms with Crippen LogP contribution in [0.3, 0.4) is 0 Å². The van der Waals surface area contributed by atoms with Gasteiger partial charge in [0.15, 0.2) is 0 Å². The van der Waals surface area contributed by atoms with Crippen molar-refractivity contribution in [1.29, 1.82) is 0 Å². The van der Waals surface area contributed by atoms with E-state index in [1.807, 2.05) is 41.3 Å². The second-order valence-electron chi connectivity index (χ2n) is 6.07. The van der Waals surface area contributed by atoms with E-state index in [0.717, 1.165) is 29.8 Å². The Kier molecular flexibility index (Phi) is 3.75. The highest BCUT2D eigenvalue weighted by molar-refractivity contribution is 5.95. The lowest BCUT2D eigenvalue weighted by atomic mass is 10.1. The minimum Gasteiger partial charge on any atom is -0.384 e. The highest BCUT2D eigenvalue weighted by Gasteiger charge is 2.26. The Labute approximate surface area is 136 Å². The summed E-state index contributed by atoms with van der Waals surface area (Å²) in [6.07, 6.45) is 0.955. The molecule has 2 aliphatic heterocycles. The normalized spacial score (nSPS) is 20.0. The third-order valence-corrected chi connectivity index (χ3v) is 4.59. The van der Waals surface area contributed by atoms with Gasteiger partial charge in [-0.25, -0.2) is 0 Å². The van der Waals surface area contributed by atoms with Crippen LogP contribution in [0.5, 0.6) is 0 Å². The molecule has 118 valence electrons. The Bertz CT molecular complexity index is 715. The molecule has 1 unspecified atom stereocenters. The standard InChI is InChI=1S/C19H20N2O2/c22-19(16-6-7-17-15(12-16)8-9-20-17)21-10-11-23-18(13-21)14-4-2-1-3-5-14/h1-7,12,18,20H,8-11,13H2. The van der Waals surface area contributed by atoms with Gasteiger partial charge in [-0.15, -0.1) is 0 Å². The summed E-state index contributed by atoms with van der Waals surface area (Å²) in [4.78, 5) is 14.7. The summed E-state index contributed by atoms with van der Waals surface area (Å²) in [5.41, 5.74) is 4.30. The number of carbonyl (C=O) groups excluding carboxylic acids is 1. The van der Waals surface area contributed by atoms with Crippen LogP contribution in [0.4, 0.5) is 5.69 Å². The van der Waals surface area contributed by atoms with Crippen LogP contribution in [0.2, 0.25) is 0 Å². The van der Waals surface area contributed by atoms with Gasteiger partial charge in [0.2, 0.25) is 0 Å². The van der Waals surface area contributed by atoms with E-state index >= 15 is 0 Å². The topological polar surface area (TPSA) is 41.6 Å². The number of hydrogen-bond acceptors (Lipinski definition) is 3. The number of anilines is 1.